The molecule has 2 N–H and O–H groups in total. The van der Waals surface area contributed by atoms with E-state index in [2.05, 4.69) is 0 Å². The average Bonchev–Trinajstić information content (AvgIpc) is 3.09. The second kappa shape index (κ2) is 14.3. The van der Waals surface area contributed by atoms with Crippen molar-refractivity contribution in [3.63, 3.8) is 0 Å². The summed E-state index contributed by atoms with van der Waals surface area (Å²) in [5, 5.41) is 17.8. The number of imide groups is 1. The van der Waals surface area contributed by atoms with Crippen molar-refractivity contribution in [2.24, 2.45) is 0 Å². The molecule has 2 rings (SSSR count). The molecule has 3 amide bonds. The number of aliphatic hydroxyl groups is 2. The average molecular weight is 893 g/mol. The number of nitrogens with zero attached hydrogens (tertiary/aromatic N) is 2. The summed E-state index contributed by atoms with van der Waals surface area (Å²) >= 11 is 11.0. The van der Waals surface area contributed by atoms with Gasteiger partial charge in [-0.3, -0.25) is 24.0 Å². The smallest absolute Gasteiger partial charge is 0.422 e. The van der Waals surface area contributed by atoms with Gasteiger partial charge in [-0.1, -0.05) is 0 Å². The largest absolute Gasteiger partial charge is 0.462 e. The number of esters is 2. The van der Waals surface area contributed by atoms with Crippen LogP contribution in [0.1, 0.15) is 34.6 Å². The van der Waals surface area contributed by atoms with Gasteiger partial charge >= 0.3 is 18.0 Å². The molecule has 0 radical (unpaired) electrons. The lowest BCUT2D eigenvalue weighted by molar-refractivity contribution is -0.164. The maximum absolute atomic E-state index is 13.4. The molecule has 0 aliphatic carbocycles. The summed E-state index contributed by atoms with van der Waals surface area (Å²) in [6.07, 6.45) is -4.38. The first-order valence-electron chi connectivity index (χ1n) is 10.5. The highest BCUT2D eigenvalue weighted by Gasteiger charge is 2.50. The Bertz CT molecular complexity index is 1170. The maximum atomic E-state index is 13.4. The van der Waals surface area contributed by atoms with Crippen LogP contribution in [0.5, 0.6) is 0 Å². The fourth-order valence-corrected chi connectivity index (χ4v) is 8.49. The van der Waals surface area contributed by atoms with Gasteiger partial charge in [0, 0.05) is 30.5 Å². The molecule has 1 aliphatic rings. The van der Waals surface area contributed by atoms with E-state index in [0.717, 1.165) is 18.7 Å². The van der Waals surface area contributed by atoms with Crippen molar-refractivity contribution in [2.45, 2.75) is 26.1 Å². The Morgan fingerprint density at radius 3 is 2.03 bits per heavy atom. The molecule has 0 bridgehead atoms. The highest BCUT2D eigenvalue weighted by Crippen LogP contribution is 2.41. The van der Waals surface area contributed by atoms with Crippen LogP contribution in [0.4, 0.5) is 10.5 Å². The molecule has 1 aliphatic heterocycles. The third-order valence-corrected chi connectivity index (χ3v) is 8.30. The van der Waals surface area contributed by atoms with Gasteiger partial charge in [0.25, 0.3) is 17.1 Å². The van der Waals surface area contributed by atoms with E-state index in [9.17, 15) is 39.0 Å². The molecule has 0 aromatic heterocycles. The molecule has 1 heterocycles. The zero-order valence-corrected chi connectivity index (χ0v) is 26.9. The zero-order valence-electron chi connectivity index (χ0n) is 19.7. The number of aliphatic hydroxyl groups excluding tert-OH is 2. The normalized spacial score (nSPS) is 15.7. The molecule has 0 saturated carbocycles. The van der Waals surface area contributed by atoms with Crippen molar-refractivity contribution in [1.82, 2.24) is 4.90 Å². The summed E-state index contributed by atoms with van der Waals surface area (Å²) < 4.78 is 15.3. The van der Waals surface area contributed by atoms with Crippen molar-refractivity contribution in [3.8, 4) is 0 Å². The van der Waals surface area contributed by atoms with E-state index in [1.54, 1.807) is 67.8 Å². The van der Waals surface area contributed by atoms with E-state index >= 15 is 0 Å². The molecule has 2 unspecified atom stereocenters. The predicted octanol–water partition coefficient (Wildman–Crippen LogP) is 1.65. The van der Waals surface area contributed by atoms with E-state index in [4.69, 9.17) is 25.8 Å². The van der Waals surface area contributed by atoms with Crippen molar-refractivity contribution in [1.29, 1.82) is 0 Å². The van der Waals surface area contributed by atoms with Crippen molar-refractivity contribution in [3.05, 3.63) is 21.8 Å². The van der Waals surface area contributed by atoms with Gasteiger partial charge in [-0.2, -0.15) is 0 Å². The van der Waals surface area contributed by atoms with Crippen LogP contribution in [-0.4, -0.2) is 95.3 Å². The number of halogens is 4. The highest BCUT2D eigenvalue weighted by molar-refractivity contribution is 14.1. The van der Waals surface area contributed by atoms with Gasteiger partial charge in [-0.15, -0.1) is 0 Å². The number of carbonyl (C=O) groups is 6. The first-order valence-corrected chi connectivity index (χ1v) is 14.2. The topological polar surface area (TPSA) is 177 Å². The molecule has 1 saturated heterocycles. The lowest BCUT2D eigenvalue weighted by Crippen LogP contribution is -2.43. The van der Waals surface area contributed by atoms with E-state index in [1.807, 2.05) is 0 Å². The second-order valence-corrected chi connectivity index (χ2v) is 11.1. The molecule has 1 aromatic carbocycles. The van der Waals surface area contributed by atoms with Gasteiger partial charge in [0.05, 0.1) is 37.2 Å². The lowest BCUT2D eigenvalue weighted by Gasteiger charge is -2.26. The van der Waals surface area contributed by atoms with Gasteiger partial charge in [0.2, 0.25) is 6.10 Å². The molecule has 1 aromatic rings. The summed E-state index contributed by atoms with van der Waals surface area (Å²) in [4.78, 5) is 76.8. The number of ether oxygens (including phenoxy) is 3. The Morgan fingerprint density at radius 1 is 1.00 bits per heavy atom. The number of amides is 3. The monoisotopic (exact) mass is 892 g/mol. The van der Waals surface area contributed by atoms with Gasteiger partial charge < -0.3 is 29.3 Å². The number of carbonyl (C=O) groups excluding carboxylic acids is 6. The molecule has 208 valence electrons. The Labute approximate surface area is 261 Å². The molecule has 1 fully saturated rings. The minimum absolute atomic E-state index is 0.0544. The van der Waals surface area contributed by atoms with Crippen LogP contribution in [0.25, 0.3) is 0 Å². The SMILES string of the molecule is CC(=O)OCC(OC(C)=O)C1OC(=O)N(c2c(I)c(C(=O)Cl)c(I)c(C(=O)N(CCO)CCO)c2I)C1=O. The summed E-state index contributed by atoms with van der Waals surface area (Å²) in [5.74, 6) is -3.29. The van der Waals surface area contributed by atoms with Crippen LogP contribution in [0, 0.1) is 10.7 Å². The van der Waals surface area contributed by atoms with Crippen LogP contribution in [0.15, 0.2) is 0 Å². The third kappa shape index (κ3) is 7.23. The minimum atomic E-state index is -1.70. The molecule has 0 spiro atoms. The molecule has 17 heteroatoms. The Morgan fingerprint density at radius 2 is 1.55 bits per heavy atom. The van der Waals surface area contributed by atoms with E-state index in [1.165, 1.54) is 0 Å². The first kappa shape index (κ1) is 32.8. The third-order valence-electron chi connectivity index (χ3n) is 4.93. The van der Waals surface area contributed by atoms with Gasteiger partial charge in [0.1, 0.15) is 6.61 Å². The molecule has 2 atom stereocenters. The van der Waals surface area contributed by atoms with E-state index < -0.39 is 67.1 Å². The number of cyclic esters (lactones) is 1. The number of anilines is 1. The van der Waals surface area contributed by atoms with E-state index in [-0.39, 0.29) is 40.6 Å². The van der Waals surface area contributed by atoms with Gasteiger partial charge in [-0.05, 0) is 79.4 Å². The van der Waals surface area contributed by atoms with Crippen LogP contribution < -0.4 is 4.90 Å². The summed E-state index contributed by atoms with van der Waals surface area (Å²) in [7, 11) is 0. The number of hydrogen-bond donors (Lipinski definition) is 2. The first-order chi connectivity index (χ1) is 17.8. The van der Waals surface area contributed by atoms with Crippen molar-refractivity contribution < 1.29 is 53.2 Å². The number of hydrogen-bond acceptors (Lipinski definition) is 11. The Hall–Kier alpha value is -1.36. The Balaban J connectivity index is 2.71. The predicted molar refractivity (Wildman–Crippen MR) is 155 cm³/mol. The highest BCUT2D eigenvalue weighted by atomic mass is 127. The summed E-state index contributed by atoms with van der Waals surface area (Å²) in [6.45, 7) is 0.418. The second-order valence-electron chi connectivity index (χ2n) is 7.48. The summed E-state index contributed by atoms with van der Waals surface area (Å²) in [5.41, 5.74) is -0.452. The fourth-order valence-electron chi connectivity index (χ4n) is 3.38. The van der Waals surface area contributed by atoms with Gasteiger partial charge in [-0.25, -0.2) is 9.69 Å². The summed E-state index contributed by atoms with van der Waals surface area (Å²) in [6, 6.07) is 0. The van der Waals surface area contributed by atoms with Gasteiger partial charge in [0.15, 0.2) is 6.10 Å². The minimum Gasteiger partial charge on any atom is -0.462 e. The van der Waals surface area contributed by atoms with Crippen LogP contribution in [0.3, 0.4) is 0 Å². The maximum Gasteiger partial charge on any atom is 0.422 e. The molecule has 13 nitrogen and oxygen atoms in total. The van der Waals surface area contributed by atoms with Crippen LogP contribution >= 0.6 is 79.4 Å². The number of benzene rings is 1. The van der Waals surface area contributed by atoms with E-state index in [0.29, 0.717) is 4.90 Å². The molecular weight excluding hydrogens is 872 g/mol. The fraction of sp³-hybridized carbons (Fsp3) is 0.429. The standard InChI is InChI=1S/C21H20ClI3N2O11/c1-8(30)36-7-10(37-9(2)31)17-20(34)27(21(35)38-17)16-14(24)11(18(22)32)13(23)12(15(16)25)19(33)26(3-5-28)4-6-29/h10,17,28-29H,3-7H2,1-2H3. The lowest BCUT2D eigenvalue weighted by atomic mass is 10.1. The zero-order chi connectivity index (χ0) is 28.9. The quantitative estimate of drug-likeness (QED) is 0.143. The molecule has 38 heavy (non-hydrogen) atoms. The Kier molecular flexibility index (Phi) is 12.4. The van der Waals surface area contributed by atoms with Crippen molar-refractivity contribution >= 4 is 120 Å². The van der Waals surface area contributed by atoms with Crippen LogP contribution in [0.2, 0.25) is 0 Å². The van der Waals surface area contributed by atoms with Crippen LogP contribution in [-0.2, 0) is 28.6 Å². The van der Waals surface area contributed by atoms with Crippen molar-refractivity contribution in [2.75, 3.05) is 37.8 Å². The molecular formula is C21H20ClI3N2O11. The number of rotatable bonds is 11.